The van der Waals surface area contributed by atoms with Crippen LogP contribution >= 0.6 is 0 Å². The lowest BCUT2D eigenvalue weighted by Crippen LogP contribution is -2.49. The van der Waals surface area contributed by atoms with Crippen molar-refractivity contribution in [3.05, 3.63) is 35.9 Å². The Balaban J connectivity index is 1.98. The monoisotopic (exact) mass is 289 g/mol. The number of benzene rings is 1. The van der Waals surface area contributed by atoms with Gasteiger partial charge in [-0.25, -0.2) is 0 Å². The van der Waals surface area contributed by atoms with Gasteiger partial charge in [0.2, 0.25) is 0 Å². The molecule has 0 amide bonds. The summed E-state index contributed by atoms with van der Waals surface area (Å²) in [5.41, 5.74) is 2.05. The number of aliphatic hydroxyl groups is 1. The van der Waals surface area contributed by atoms with Crippen LogP contribution < -0.4 is 5.32 Å². The predicted molar refractivity (Wildman–Crippen MR) is 89.4 cm³/mol. The van der Waals surface area contributed by atoms with E-state index in [1.807, 2.05) is 6.07 Å². The third kappa shape index (κ3) is 5.12. The van der Waals surface area contributed by atoms with Gasteiger partial charge >= 0.3 is 0 Å². The standard InChI is InChI=1S/C19H31NO/c1-18(2)11-17(12-19(3,4)14-18)20-16(13-21)10-15-8-6-5-7-9-15/h5-9,16-17,20-21H,10-14H2,1-4H3/t16-/m1/s1. The van der Waals surface area contributed by atoms with Crippen molar-refractivity contribution >= 4 is 0 Å². The van der Waals surface area contributed by atoms with Gasteiger partial charge in [0.1, 0.15) is 0 Å². The fourth-order valence-corrected chi connectivity index (χ4v) is 4.37. The van der Waals surface area contributed by atoms with Crippen LogP contribution in [0.1, 0.15) is 52.5 Å². The molecule has 0 spiro atoms. The van der Waals surface area contributed by atoms with Gasteiger partial charge in [-0.2, -0.15) is 0 Å². The number of hydrogen-bond acceptors (Lipinski definition) is 2. The lowest BCUT2D eigenvalue weighted by Gasteiger charge is -2.46. The first-order valence-electron chi connectivity index (χ1n) is 8.21. The molecule has 2 heteroatoms. The summed E-state index contributed by atoms with van der Waals surface area (Å²) in [6.07, 6.45) is 4.57. The van der Waals surface area contributed by atoms with Crippen molar-refractivity contribution in [1.82, 2.24) is 5.32 Å². The molecule has 0 unspecified atom stereocenters. The largest absolute Gasteiger partial charge is 0.395 e. The quantitative estimate of drug-likeness (QED) is 0.864. The van der Waals surface area contributed by atoms with Gasteiger partial charge in [-0.05, 0) is 42.1 Å². The minimum absolute atomic E-state index is 0.155. The summed E-state index contributed by atoms with van der Waals surface area (Å²) in [5, 5.41) is 13.4. The molecule has 0 aliphatic heterocycles. The molecule has 2 N–H and O–H groups in total. The maximum absolute atomic E-state index is 9.72. The van der Waals surface area contributed by atoms with E-state index in [0.29, 0.717) is 16.9 Å². The molecular weight excluding hydrogens is 258 g/mol. The van der Waals surface area contributed by atoms with E-state index >= 15 is 0 Å². The van der Waals surface area contributed by atoms with Gasteiger partial charge in [-0.3, -0.25) is 0 Å². The summed E-state index contributed by atoms with van der Waals surface area (Å²) in [5.74, 6) is 0. The topological polar surface area (TPSA) is 32.3 Å². The van der Waals surface area contributed by atoms with Crippen LogP contribution in [0.5, 0.6) is 0 Å². The summed E-state index contributed by atoms with van der Waals surface area (Å²) >= 11 is 0. The van der Waals surface area contributed by atoms with E-state index in [-0.39, 0.29) is 12.6 Å². The van der Waals surface area contributed by atoms with Crippen LogP contribution in [0.25, 0.3) is 0 Å². The molecule has 1 saturated carbocycles. The number of nitrogens with one attached hydrogen (secondary N) is 1. The maximum atomic E-state index is 9.72. The van der Waals surface area contributed by atoms with Crippen molar-refractivity contribution in [2.45, 2.75) is 65.5 Å². The molecule has 21 heavy (non-hydrogen) atoms. The zero-order valence-electron chi connectivity index (χ0n) is 14.0. The molecular formula is C19H31NO. The van der Waals surface area contributed by atoms with Crippen LogP contribution in [-0.4, -0.2) is 23.8 Å². The predicted octanol–water partition coefficient (Wildman–Crippen LogP) is 3.78. The van der Waals surface area contributed by atoms with Crippen LogP contribution in [0.2, 0.25) is 0 Å². The Hall–Kier alpha value is -0.860. The van der Waals surface area contributed by atoms with Crippen molar-refractivity contribution in [2.24, 2.45) is 10.8 Å². The Morgan fingerprint density at radius 1 is 1.10 bits per heavy atom. The minimum atomic E-state index is 0.155. The number of rotatable bonds is 5. The van der Waals surface area contributed by atoms with Crippen LogP contribution in [0, 0.1) is 10.8 Å². The lowest BCUT2D eigenvalue weighted by atomic mass is 9.63. The number of hydrogen-bond donors (Lipinski definition) is 2. The Morgan fingerprint density at radius 2 is 1.67 bits per heavy atom. The molecule has 0 saturated heterocycles. The molecule has 1 atom stereocenters. The van der Waals surface area contributed by atoms with E-state index < -0.39 is 0 Å². The highest BCUT2D eigenvalue weighted by Gasteiger charge is 2.38. The van der Waals surface area contributed by atoms with Gasteiger partial charge in [0, 0.05) is 12.1 Å². The normalized spacial score (nSPS) is 22.9. The average molecular weight is 289 g/mol. The van der Waals surface area contributed by atoms with E-state index in [1.54, 1.807) is 0 Å². The van der Waals surface area contributed by atoms with Gasteiger partial charge in [0.05, 0.1) is 6.61 Å². The second kappa shape index (κ2) is 6.50. The summed E-state index contributed by atoms with van der Waals surface area (Å²) in [4.78, 5) is 0. The molecule has 0 aromatic heterocycles. The van der Waals surface area contributed by atoms with E-state index in [2.05, 4.69) is 57.3 Å². The summed E-state index contributed by atoms with van der Waals surface area (Å²) in [7, 11) is 0. The van der Waals surface area contributed by atoms with Gasteiger partial charge in [-0.15, -0.1) is 0 Å². The van der Waals surface area contributed by atoms with Gasteiger partial charge in [0.25, 0.3) is 0 Å². The lowest BCUT2D eigenvalue weighted by molar-refractivity contribution is 0.0749. The fourth-order valence-electron chi connectivity index (χ4n) is 4.37. The van der Waals surface area contributed by atoms with Crippen molar-refractivity contribution in [3.63, 3.8) is 0 Å². The van der Waals surface area contributed by atoms with Crippen molar-refractivity contribution in [2.75, 3.05) is 6.61 Å². The first kappa shape index (κ1) is 16.5. The average Bonchev–Trinajstić information content (AvgIpc) is 2.35. The second-order valence-electron chi connectivity index (χ2n) is 8.35. The smallest absolute Gasteiger partial charge is 0.0587 e. The van der Waals surface area contributed by atoms with E-state index in [9.17, 15) is 5.11 Å². The highest BCUT2D eigenvalue weighted by atomic mass is 16.3. The molecule has 2 nitrogen and oxygen atoms in total. The molecule has 1 aliphatic rings. The Labute approximate surface area is 130 Å². The molecule has 1 fully saturated rings. The third-order valence-corrected chi connectivity index (χ3v) is 4.57. The first-order valence-corrected chi connectivity index (χ1v) is 8.21. The van der Waals surface area contributed by atoms with E-state index in [1.165, 1.54) is 24.8 Å². The van der Waals surface area contributed by atoms with E-state index in [4.69, 9.17) is 0 Å². The second-order valence-corrected chi connectivity index (χ2v) is 8.35. The highest BCUT2D eigenvalue weighted by Crippen LogP contribution is 2.45. The fraction of sp³-hybridized carbons (Fsp3) is 0.684. The zero-order chi connectivity index (χ0) is 15.5. The zero-order valence-corrected chi connectivity index (χ0v) is 14.0. The van der Waals surface area contributed by atoms with Crippen molar-refractivity contribution in [3.8, 4) is 0 Å². The van der Waals surface area contributed by atoms with Gasteiger partial charge in [-0.1, -0.05) is 58.0 Å². The molecule has 0 heterocycles. The van der Waals surface area contributed by atoms with Crippen molar-refractivity contribution in [1.29, 1.82) is 0 Å². The van der Waals surface area contributed by atoms with Crippen LogP contribution in [0.3, 0.4) is 0 Å². The SMILES string of the molecule is CC1(C)CC(N[C@@H](CO)Cc2ccccc2)CC(C)(C)C1. The molecule has 1 aliphatic carbocycles. The molecule has 1 aromatic carbocycles. The summed E-state index contributed by atoms with van der Waals surface area (Å²) in [6, 6.07) is 11.1. The van der Waals surface area contributed by atoms with Crippen LogP contribution in [0.4, 0.5) is 0 Å². The Bertz CT molecular complexity index is 422. The van der Waals surface area contributed by atoms with Crippen LogP contribution in [0.15, 0.2) is 30.3 Å². The molecule has 0 bridgehead atoms. The third-order valence-electron chi connectivity index (χ3n) is 4.57. The summed E-state index contributed by atoms with van der Waals surface area (Å²) in [6.45, 7) is 9.68. The highest BCUT2D eigenvalue weighted by molar-refractivity contribution is 5.16. The van der Waals surface area contributed by atoms with Crippen LogP contribution in [-0.2, 0) is 6.42 Å². The molecule has 1 aromatic rings. The maximum Gasteiger partial charge on any atom is 0.0587 e. The molecule has 2 rings (SSSR count). The minimum Gasteiger partial charge on any atom is -0.395 e. The molecule has 118 valence electrons. The molecule has 0 radical (unpaired) electrons. The van der Waals surface area contributed by atoms with Gasteiger partial charge in [0.15, 0.2) is 0 Å². The Morgan fingerprint density at radius 3 is 2.19 bits per heavy atom. The Kier molecular flexibility index (Phi) is 5.11. The van der Waals surface area contributed by atoms with E-state index in [0.717, 1.165) is 6.42 Å². The van der Waals surface area contributed by atoms with Gasteiger partial charge < -0.3 is 10.4 Å². The number of aliphatic hydroxyl groups excluding tert-OH is 1. The van der Waals surface area contributed by atoms with Crippen molar-refractivity contribution < 1.29 is 5.11 Å². The first-order chi connectivity index (χ1) is 9.80. The summed E-state index contributed by atoms with van der Waals surface area (Å²) < 4.78 is 0.